The van der Waals surface area contributed by atoms with Crippen molar-refractivity contribution in [3.63, 3.8) is 0 Å². The summed E-state index contributed by atoms with van der Waals surface area (Å²) < 4.78 is 32.2. The second-order valence-corrected chi connectivity index (χ2v) is 7.29. The molecule has 0 radical (unpaired) electrons. The Hall–Kier alpha value is -2.23. The van der Waals surface area contributed by atoms with Crippen LogP contribution < -0.4 is 10.0 Å². The zero-order valence-corrected chi connectivity index (χ0v) is 14.6. The Labute approximate surface area is 147 Å². The fraction of sp³-hybridized carbons (Fsp3) is 0.375. The van der Waals surface area contributed by atoms with Crippen LogP contribution >= 0.6 is 0 Å². The first kappa shape index (κ1) is 17.6. The van der Waals surface area contributed by atoms with Gasteiger partial charge in [-0.25, -0.2) is 8.42 Å². The van der Waals surface area contributed by atoms with E-state index in [1.165, 1.54) is 12.1 Å². The van der Waals surface area contributed by atoms with Gasteiger partial charge in [0.05, 0.1) is 18.1 Å². The molecular formula is C16H21N5O3S. The molecule has 134 valence electrons. The third-order valence-corrected chi connectivity index (χ3v) is 5.17. The van der Waals surface area contributed by atoms with Crippen LogP contribution in [0.5, 0.6) is 0 Å². The standard InChI is InChI=1S/C16H21N5O3S/c22-25(23,14-4-2-1-3-5-14)20-16-7-6-15(18-19-16)17-8-9-21-10-12-24-13-11-21/h1-7H,8-13H2,(H,17,18)(H,19,20). The van der Waals surface area contributed by atoms with E-state index in [2.05, 4.69) is 25.1 Å². The van der Waals surface area contributed by atoms with Gasteiger partial charge in [0, 0.05) is 26.2 Å². The molecule has 2 aromatic rings. The van der Waals surface area contributed by atoms with Crippen LogP contribution in [-0.4, -0.2) is 62.9 Å². The first-order chi connectivity index (χ1) is 12.1. The van der Waals surface area contributed by atoms with E-state index in [1.807, 2.05) is 0 Å². The monoisotopic (exact) mass is 363 g/mol. The summed E-state index contributed by atoms with van der Waals surface area (Å²) in [5.41, 5.74) is 0. The molecule has 1 aromatic heterocycles. The Balaban J connectivity index is 1.51. The van der Waals surface area contributed by atoms with Gasteiger partial charge in [-0.1, -0.05) is 18.2 Å². The minimum Gasteiger partial charge on any atom is -0.379 e. The molecule has 9 heteroatoms. The number of hydrogen-bond donors (Lipinski definition) is 2. The van der Waals surface area contributed by atoms with E-state index < -0.39 is 10.0 Å². The van der Waals surface area contributed by atoms with Gasteiger partial charge in [0.15, 0.2) is 5.82 Å². The lowest BCUT2D eigenvalue weighted by Crippen LogP contribution is -2.39. The van der Waals surface area contributed by atoms with E-state index in [0.29, 0.717) is 5.82 Å². The highest BCUT2D eigenvalue weighted by molar-refractivity contribution is 7.92. The van der Waals surface area contributed by atoms with E-state index in [4.69, 9.17) is 4.74 Å². The van der Waals surface area contributed by atoms with Gasteiger partial charge in [0.25, 0.3) is 10.0 Å². The summed E-state index contributed by atoms with van der Waals surface area (Å²) in [4.78, 5) is 2.50. The predicted octanol–water partition coefficient (Wildman–Crippen LogP) is 1.02. The van der Waals surface area contributed by atoms with Gasteiger partial charge in [0.1, 0.15) is 5.82 Å². The Morgan fingerprint density at radius 3 is 2.36 bits per heavy atom. The molecule has 1 aliphatic rings. The van der Waals surface area contributed by atoms with Crippen molar-refractivity contribution < 1.29 is 13.2 Å². The molecule has 0 bridgehead atoms. The number of anilines is 2. The summed E-state index contributed by atoms with van der Waals surface area (Å²) in [6.45, 7) is 5.06. The van der Waals surface area contributed by atoms with Gasteiger partial charge in [-0.2, -0.15) is 0 Å². The second kappa shape index (κ2) is 8.24. The number of nitrogens with one attached hydrogen (secondary N) is 2. The number of benzene rings is 1. The number of sulfonamides is 1. The normalized spacial score (nSPS) is 15.7. The van der Waals surface area contributed by atoms with Gasteiger partial charge in [-0.3, -0.25) is 9.62 Å². The zero-order valence-electron chi connectivity index (χ0n) is 13.8. The molecule has 0 unspecified atom stereocenters. The van der Waals surface area contributed by atoms with Crippen molar-refractivity contribution in [2.45, 2.75) is 4.90 Å². The van der Waals surface area contributed by atoms with Gasteiger partial charge < -0.3 is 10.1 Å². The lowest BCUT2D eigenvalue weighted by Gasteiger charge is -2.26. The van der Waals surface area contributed by atoms with Crippen LogP contribution in [0.25, 0.3) is 0 Å². The molecule has 1 aromatic carbocycles. The van der Waals surface area contributed by atoms with Crippen molar-refractivity contribution in [3.8, 4) is 0 Å². The third kappa shape index (κ3) is 5.12. The Kier molecular flexibility index (Phi) is 5.79. The first-order valence-electron chi connectivity index (χ1n) is 8.09. The SMILES string of the molecule is O=S(=O)(Nc1ccc(NCCN2CCOCC2)nn1)c1ccccc1. The highest BCUT2D eigenvalue weighted by atomic mass is 32.2. The molecular weight excluding hydrogens is 342 g/mol. The van der Waals surface area contributed by atoms with E-state index >= 15 is 0 Å². The van der Waals surface area contributed by atoms with Crippen molar-refractivity contribution in [3.05, 3.63) is 42.5 Å². The van der Waals surface area contributed by atoms with Crippen molar-refractivity contribution in [2.75, 3.05) is 49.4 Å². The van der Waals surface area contributed by atoms with E-state index in [1.54, 1.807) is 30.3 Å². The maximum Gasteiger partial charge on any atom is 0.263 e. The highest BCUT2D eigenvalue weighted by Gasteiger charge is 2.14. The van der Waals surface area contributed by atoms with Crippen LogP contribution in [0.15, 0.2) is 47.4 Å². The Morgan fingerprint density at radius 2 is 1.68 bits per heavy atom. The minimum atomic E-state index is -3.65. The van der Waals surface area contributed by atoms with Gasteiger partial charge in [-0.15, -0.1) is 10.2 Å². The molecule has 1 aliphatic heterocycles. The van der Waals surface area contributed by atoms with Crippen LogP contribution in [0.1, 0.15) is 0 Å². The molecule has 2 N–H and O–H groups in total. The number of morpholine rings is 1. The quantitative estimate of drug-likeness (QED) is 0.758. The number of ether oxygens (including phenoxy) is 1. The number of rotatable bonds is 7. The second-order valence-electron chi connectivity index (χ2n) is 5.60. The molecule has 3 rings (SSSR count). The van der Waals surface area contributed by atoms with E-state index in [0.717, 1.165) is 39.4 Å². The summed E-state index contributed by atoms with van der Waals surface area (Å²) in [5, 5.41) is 11.1. The maximum absolute atomic E-state index is 12.2. The molecule has 0 spiro atoms. The summed E-state index contributed by atoms with van der Waals surface area (Å²) in [5.74, 6) is 0.790. The van der Waals surface area contributed by atoms with Crippen LogP contribution in [-0.2, 0) is 14.8 Å². The average molecular weight is 363 g/mol. The Morgan fingerprint density at radius 1 is 1.00 bits per heavy atom. The Bertz CT molecular complexity index is 762. The molecule has 0 aliphatic carbocycles. The van der Waals surface area contributed by atoms with Gasteiger partial charge >= 0.3 is 0 Å². The lowest BCUT2D eigenvalue weighted by atomic mass is 10.4. The summed E-state index contributed by atoms with van der Waals surface area (Å²) in [7, 11) is -3.65. The molecule has 0 saturated carbocycles. The van der Waals surface area contributed by atoms with Crippen LogP contribution in [0, 0.1) is 0 Å². The number of nitrogens with zero attached hydrogens (tertiary/aromatic N) is 3. The van der Waals surface area contributed by atoms with E-state index in [-0.39, 0.29) is 10.7 Å². The van der Waals surface area contributed by atoms with E-state index in [9.17, 15) is 8.42 Å². The minimum absolute atomic E-state index is 0.183. The van der Waals surface area contributed by atoms with Gasteiger partial charge in [-0.05, 0) is 24.3 Å². The molecule has 25 heavy (non-hydrogen) atoms. The van der Waals surface area contributed by atoms with Crippen molar-refractivity contribution in [1.29, 1.82) is 0 Å². The van der Waals surface area contributed by atoms with Crippen molar-refractivity contribution in [1.82, 2.24) is 15.1 Å². The molecule has 8 nitrogen and oxygen atoms in total. The summed E-state index contributed by atoms with van der Waals surface area (Å²) >= 11 is 0. The summed E-state index contributed by atoms with van der Waals surface area (Å²) in [6.07, 6.45) is 0. The highest BCUT2D eigenvalue weighted by Crippen LogP contribution is 2.14. The topological polar surface area (TPSA) is 96.5 Å². The molecule has 2 heterocycles. The predicted molar refractivity (Wildman–Crippen MR) is 95.0 cm³/mol. The molecule has 1 saturated heterocycles. The lowest BCUT2D eigenvalue weighted by molar-refractivity contribution is 0.0398. The van der Waals surface area contributed by atoms with Crippen LogP contribution in [0.4, 0.5) is 11.6 Å². The van der Waals surface area contributed by atoms with Gasteiger partial charge in [0.2, 0.25) is 0 Å². The fourth-order valence-corrected chi connectivity index (χ4v) is 3.46. The molecule has 1 fully saturated rings. The third-order valence-electron chi connectivity index (χ3n) is 3.79. The summed E-state index contributed by atoms with van der Waals surface area (Å²) in [6, 6.07) is 11.4. The zero-order chi connectivity index (χ0) is 17.5. The van der Waals surface area contributed by atoms with Crippen LogP contribution in [0.3, 0.4) is 0 Å². The molecule has 0 atom stereocenters. The first-order valence-corrected chi connectivity index (χ1v) is 9.57. The average Bonchev–Trinajstić information content (AvgIpc) is 2.65. The molecule has 0 amide bonds. The number of aromatic nitrogens is 2. The largest absolute Gasteiger partial charge is 0.379 e. The number of hydrogen-bond acceptors (Lipinski definition) is 7. The van der Waals surface area contributed by atoms with Crippen molar-refractivity contribution >= 4 is 21.7 Å². The smallest absolute Gasteiger partial charge is 0.263 e. The van der Waals surface area contributed by atoms with Crippen molar-refractivity contribution in [2.24, 2.45) is 0 Å². The van der Waals surface area contributed by atoms with Crippen LogP contribution in [0.2, 0.25) is 0 Å². The maximum atomic E-state index is 12.2. The fourth-order valence-electron chi connectivity index (χ4n) is 2.44.